The average Bonchev–Trinajstić information content (AvgIpc) is 3.01. The molecule has 0 radical (unpaired) electrons. The topological polar surface area (TPSA) is 70.5 Å². The van der Waals surface area contributed by atoms with Crippen molar-refractivity contribution in [2.45, 2.75) is 26.2 Å². The van der Waals surface area contributed by atoms with E-state index >= 15 is 0 Å². The maximum Gasteiger partial charge on any atom is 0.231 e. The van der Waals surface area contributed by atoms with Crippen molar-refractivity contribution in [2.75, 3.05) is 12.5 Å². The van der Waals surface area contributed by atoms with Gasteiger partial charge in [-0.2, -0.15) is 0 Å². The van der Waals surface area contributed by atoms with Crippen LogP contribution in [0.5, 0.6) is 11.5 Å². The minimum atomic E-state index is 0.264. The first-order valence-electron chi connectivity index (χ1n) is 6.43. The van der Waals surface area contributed by atoms with E-state index in [1.165, 1.54) is 0 Å². The fourth-order valence-corrected chi connectivity index (χ4v) is 2.21. The first-order valence-corrected chi connectivity index (χ1v) is 6.43. The molecule has 1 aliphatic heterocycles. The van der Waals surface area contributed by atoms with Gasteiger partial charge >= 0.3 is 0 Å². The number of anilines is 1. The number of rotatable bonds is 4. The standard InChI is InChI=1S/C14H16N2O3/c1-2-3-4-10-13(14(15)19-16-10)9-5-6-11-12(7-9)18-8-17-11/h5-7H,2-4,8,15H2,1H3. The highest BCUT2D eigenvalue weighted by atomic mass is 16.7. The SMILES string of the molecule is CCCCc1noc(N)c1-c1ccc2c(c1)OCO2. The zero-order chi connectivity index (χ0) is 13.2. The van der Waals surface area contributed by atoms with Crippen molar-refractivity contribution in [3.05, 3.63) is 23.9 Å². The predicted octanol–water partition coefficient (Wildman–Crippen LogP) is 3.00. The molecule has 0 bridgehead atoms. The van der Waals surface area contributed by atoms with E-state index in [1.807, 2.05) is 18.2 Å². The Hall–Kier alpha value is -2.17. The summed E-state index contributed by atoms with van der Waals surface area (Å²) in [5, 5.41) is 4.05. The molecule has 0 saturated carbocycles. The summed E-state index contributed by atoms with van der Waals surface area (Å²) in [6, 6.07) is 5.75. The normalized spacial score (nSPS) is 12.9. The molecule has 0 unspecified atom stereocenters. The monoisotopic (exact) mass is 260 g/mol. The van der Waals surface area contributed by atoms with Crippen LogP contribution in [0, 0.1) is 0 Å². The van der Waals surface area contributed by atoms with Crippen LogP contribution in [0.15, 0.2) is 22.7 Å². The molecule has 0 spiro atoms. The van der Waals surface area contributed by atoms with E-state index in [1.54, 1.807) is 0 Å². The molecule has 0 aliphatic carbocycles. The molecule has 0 amide bonds. The second kappa shape index (κ2) is 4.84. The second-order valence-electron chi connectivity index (χ2n) is 4.54. The molecule has 1 aromatic heterocycles. The molecule has 0 fully saturated rings. The number of benzene rings is 1. The number of nitrogen functional groups attached to an aromatic ring is 1. The molecule has 2 aromatic rings. The quantitative estimate of drug-likeness (QED) is 0.915. The van der Waals surface area contributed by atoms with Crippen molar-refractivity contribution in [2.24, 2.45) is 0 Å². The Morgan fingerprint density at radius 1 is 1.26 bits per heavy atom. The van der Waals surface area contributed by atoms with Crippen molar-refractivity contribution in [3.8, 4) is 22.6 Å². The van der Waals surface area contributed by atoms with E-state index in [4.69, 9.17) is 19.7 Å². The van der Waals surface area contributed by atoms with Crippen molar-refractivity contribution in [1.82, 2.24) is 5.16 Å². The van der Waals surface area contributed by atoms with Crippen molar-refractivity contribution in [3.63, 3.8) is 0 Å². The molecular formula is C14H16N2O3. The van der Waals surface area contributed by atoms with Gasteiger partial charge < -0.3 is 19.7 Å². The largest absolute Gasteiger partial charge is 0.454 e. The molecule has 1 aromatic carbocycles. The highest BCUT2D eigenvalue weighted by Gasteiger charge is 2.19. The van der Waals surface area contributed by atoms with E-state index in [0.717, 1.165) is 47.6 Å². The van der Waals surface area contributed by atoms with Crippen LogP contribution in [0.25, 0.3) is 11.1 Å². The van der Waals surface area contributed by atoms with Crippen molar-refractivity contribution >= 4 is 5.88 Å². The number of aromatic nitrogens is 1. The van der Waals surface area contributed by atoms with Crippen LogP contribution in [0.1, 0.15) is 25.5 Å². The van der Waals surface area contributed by atoms with Crippen molar-refractivity contribution < 1.29 is 14.0 Å². The van der Waals surface area contributed by atoms with Gasteiger partial charge in [0.15, 0.2) is 11.5 Å². The zero-order valence-electron chi connectivity index (χ0n) is 10.8. The molecule has 1 aliphatic rings. The van der Waals surface area contributed by atoms with E-state index in [-0.39, 0.29) is 6.79 Å². The molecule has 5 nitrogen and oxygen atoms in total. The lowest BCUT2D eigenvalue weighted by Crippen LogP contribution is -1.93. The maximum absolute atomic E-state index is 5.89. The van der Waals surface area contributed by atoms with Crippen LogP contribution in [0.4, 0.5) is 5.88 Å². The predicted molar refractivity (Wildman–Crippen MR) is 71.1 cm³/mol. The fourth-order valence-electron chi connectivity index (χ4n) is 2.21. The fraction of sp³-hybridized carbons (Fsp3) is 0.357. The van der Waals surface area contributed by atoms with E-state index in [2.05, 4.69) is 12.1 Å². The van der Waals surface area contributed by atoms with Crippen molar-refractivity contribution in [1.29, 1.82) is 0 Å². The summed E-state index contributed by atoms with van der Waals surface area (Å²) >= 11 is 0. The summed E-state index contributed by atoms with van der Waals surface area (Å²) in [6.45, 7) is 2.41. The smallest absolute Gasteiger partial charge is 0.231 e. The molecule has 2 N–H and O–H groups in total. The number of hydrogen-bond donors (Lipinski definition) is 1. The Bertz CT molecular complexity index is 592. The van der Waals surface area contributed by atoms with Gasteiger partial charge in [-0.25, -0.2) is 0 Å². The Kier molecular flexibility index (Phi) is 3.03. The summed E-state index contributed by atoms with van der Waals surface area (Å²) in [5.41, 5.74) is 8.61. The summed E-state index contributed by atoms with van der Waals surface area (Å²) in [4.78, 5) is 0. The number of unbranched alkanes of at least 4 members (excludes halogenated alkanes) is 1. The van der Waals surface area contributed by atoms with Gasteiger partial charge in [-0.05, 0) is 30.5 Å². The molecule has 100 valence electrons. The number of nitrogens with zero attached hydrogens (tertiary/aromatic N) is 1. The third-order valence-corrected chi connectivity index (χ3v) is 3.22. The van der Waals surface area contributed by atoms with Gasteiger partial charge in [0, 0.05) is 0 Å². The second-order valence-corrected chi connectivity index (χ2v) is 4.54. The minimum Gasteiger partial charge on any atom is -0.454 e. The minimum absolute atomic E-state index is 0.264. The summed E-state index contributed by atoms with van der Waals surface area (Å²) < 4.78 is 15.8. The molecule has 2 heterocycles. The molecule has 0 saturated heterocycles. The Labute approximate surface area is 111 Å². The van der Waals surface area contributed by atoms with Gasteiger partial charge in [0.2, 0.25) is 12.7 Å². The molecule has 3 rings (SSSR count). The van der Waals surface area contributed by atoms with Gasteiger partial charge in [0.05, 0.1) is 11.3 Å². The summed E-state index contributed by atoms with van der Waals surface area (Å²) in [6.07, 6.45) is 3.03. The first kappa shape index (κ1) is 11.9. The van der Waals surface area contributed by atoms with Crippen LogP contribution < -0.4 is 15.2 Å². The van der Waals surface area contributed by atoms with Crippen LogP contribution in [0.3, 0.4) is 0 Å². The molecule has 0 atom stereocenters. The lowest BCUT2D eigenvalue weighted by molar-refractivity contribution is 0.174. The highest BCUT2D eigenvalue weighted by Crippen LogP contribution is 2.38. The van der Waals surface area contributed by atoms with Crippen LogP contribution in [-0.4, -0.2) is 11.9 Å². The van der Waals surface area contributed by atoms with Crippen LogP contribution in [0.2, 0.25) is 0 Å². The van der Waals surface area contributed by atoms with Crippen LogP contribution in [-0.2, 0) is 6.42 Å². The lowest BCUT2D eigenvalue weighted by atomic mass is 10.0. The average molecular weight is 260 g/mol. The Balaban J connectivity index is 1.99. The summed E-state index contributed by atoms with van der Waals surface area (Å²) in [5.74, 6) is 1.85. The third-order valence-electron chi connectivity index (χ3n) is 3.22. The highest BCUT2D eigenvalue weighted by molar-refractivity contribution is 5.77. The number of aryl methyl sites for hydroxylation is 1. The third kappa shape index (κ3) is 2.12. The van der Waals surface area contributed by atoms with E-state index < -0.39 is 0 Å². The Morgan fingerprint density at radius 2 is 2.11 bits per heavy atom. The molecular weight excluding hydrogens is 244 g/mol. The van der Waals surface area contributed by atoms with E-state index in [0.29, 0.717) is 5.88 Å². The number of fused-ring (bicyclic) bond motifs is 1. The maximum atomic E-state index is 5.89. The number of nitrogens with two attached hydrogens (primary N) is 1. The first-order chi connectivity index (χ1) is 9.29. The number of ether oxygens (including phenoxy) is 2. The van der Waals surface area contributed by atoms with Gasteiger partial charge in [-0.1, -0.05) is 24.6 Å². The molecule has 19 heavy (non-hydrogen) atoms. The number of hydrogen-bond acceptors (Lipinski definition) is 5. The summed E-state index contributed by atoms with van der Waals surface area (Å²) in [7, 11) is 0. The van der Waals surface area contributed by atoms with Gasteiger partial charge in [0.1, 0.15) is 0 Å². The Morgan fingerprint density at radius 3 is 2.95 bits per heavy atom. The lowest BCUT2D eigenvalue weighted by Gasteiger charge is -2.03. The van der Waals surface area contributed by atoms with E-state index in [9.17, 15) is 0 Å². The van der Waals surface area contributed by atoms with Gasteiger partial charge in [-0.3, -0.25) is 0 Å². The van der Waals surface area contributed by atoms with Gasteiger partial charge in [-0.15, -0.1) is 0 Å². The molecule has 5 heteroatoms. The van der Waals surface area contributed by atoms with Crippen LogP contribution >= 0.6 is 0 Å². The van der Waals surface area contributed by atoms with Gasteiger partial charge in [0.25, 0.3) is 0 Å². The zero-order valence-corrected chi connectivity index (χ0v) is 10.8.